The molecule has 0 spiro atoms. The first kappa shape index (κ1) is 13.1. The Hall–Kier alpha value is -0.390. The average molecular weight is 332 g/mol. The van der Waals surface area contributed by atoms with Gasteiger partial charge in [0.1, 0.15) is 0 Å². The summed E-state index contributed by atoms with van der Waals surface area (Å²) in [5, 5.41) is 2.78. The van der Waals surface area contributed by atoms with Crippen LogP contribution in [0.2, 0.25) is 5.02 Å². The van der Waals surface area contributed by atoms with Gasteiger partial charge in [0.05, 0.1) is 6.04 Å². The molecule has 0 aliphatic heterocycles. The van der Waals surface area contributed by atoms with Crippen LogP contribution in [-0.4, -0.2) is 0 Å². The summed E-state index contributed by atoms with van der Waals surface area (Å²) in [6, 6.07) is 7.80. The predicted octanol–water partition coefficient (Wildman–Crippen LogP) is 4.03. The second kappa shape index (κ2) is 5.50. The van der Waals surface area contributed by atoms with E-state index in [4.69, 9.17) is 17.4 Å². The second-order valence-electron chi connectivity index (χ2n) is 3.70. The molecule has 2 rings (SSSR count). The highest BCUT2D eigenvalue weighted by molar-refractivity contribution is 9.10. The van der Waals surface area contributed by atoms with Crippen LogP contribution in [0.3, 0.4) is 0 Å². The first-order chi connectivity index (χ1) is 8.13. The predicted molar refractivity (Wildman–Crippen MR) is 77.4 cm³/mol. The Morgan fingerprint density at radius 1 is 1.35 bits per heavy atom. The molecule has 3 N–H and O–H groups in total. The van der Waals surface area contributed by atoms with Crippen LogP contribution in [0, 0.1) is 6.92 Å². The first-order valence-electron chi connectivity index (χ1n) is 5.08. The van der Waals surface area contributed by atoms with Crippen LogP contribution in [-0.2, 0) is 0 Å². The van der Waals surface area contributed by atoms with Crippen molar-refractivity contribution in [3.05, 3.63) is 55.1 Å². The van der Waals surface area contributed by atoms with Crippen molar-refractivity contribution in [2.45, 2.75) is 13.0 Å². The first-order valence-corrected chi connectivity index (χ1v) is 7.13. The highest BCUT2D eigenvalue weighted by Gasteiger charge is 2.17. The number of halogens is 2. The molecule has 2 nitrogen and oxygen atoms in total. The molecule has 0 aliphatic carbocycles. The normalized spacial score (nSPS) is 12.7. The maximum Gasteiger partial charge on any atom is 0.0731 e. The largest absolute Gasteiger partial charge is 0.271 e. The fraction of sp³-hybridized carbons (Fsp3) is 0.167. The van der Waals surface area contributed by atoms with E-state index in [1.54, 1.807) is 11.3 Å². The van der Waals surface area contributed by atoms with Gasteiger partial charge >= 0.3 is 0 Å². The molecule has 1 aromatic carbocycles. The summed E-state index contributed by atoms with van der Waals surface area (Å²) in [7, 11) is 0. The van der Waals surface area contributed by atoms with E-state index < -0.39 is 0 Å². The molecule has 0 saturated heterocycles. The minimum absolute atomic E-state index is 0.0205. The van der Waals surface area contributed by atoms with E-state index in [2.05, 4.69) is 39.7 Å². The number of thiophene rings is 1. The van der Waals surface area contributed by atoms with E-state index in [1.807, 2.05) is 18.2 Å². The molecule has 0 aliphatic rings. The van der Waals surface area contributed by atoms with E-state index >= 15 is 0 Å². The Morgan fingerprint density at radius 3 is 2.65 bits per heavy atom. The summed E-state index contributed by atoms with van der Waals surface area (Å²) in [6.07, 6.45) is 0. The highest BCUT2D eigenvalue weighted by Crippen LogP contribution is 2.33. The number of nitrogens with two attached hydrogens (primary N) is 1. The van der Waals surface area contributed by atoms with Gasteiger partial charge in [-0.1, -0.05) is 33.6 Å². The van der Waals surface area contributed by atoms with E-state index in [0.29, 0.717) is 5.02 Å². The van der Waals surface area contributed by atoms with Crippen molar-refractivity contribution in [3.8, 4) is 0 Å². The molecule has 1 heterocycles. The number of hydrogen-bond donors (Lipinski definition) is 2. The van der Waals surface area contributed by atoms with Crippen LogP contribution >= 0.6 is 38.9 Å². The Kier molecular flexibility index (Phi) is 4.22. The molecule has 1 unspecified atom stereocenters. The van der Waals surface area contributed by atoms with Crippen LogP contribution < -0.4 is 11.3 Å². The molecule has 2 aromatic rings. The lowest BCUT2D eigenvalue weighted by atomic mass is 10.0. The summed E-state index contributed by atoms with van der Waals surface area (Å²) in [5.41, 5.74) is 5.13. The van der Waals surface area contributed by atoms with Crippen molar-refractivity contribution >= 4 is 38.9 Å². The molecule has 0 amide bonds. The number of rotatable bonds is 3. The third kappa shape index (κ3) is 2.72. The zero-order valence-electron chi connectivity index (χ0n) is 9.21. The summed E-state index contributed by atoms with van der Waals surface area (Å²) in [6.45, 7) is 2.09. The average Bonchev–Trinajstić information content (AvgIpc) is 2.69. The van der Waals surface area contributed by atoms with E-state index in [-0.39, 0.29) is 6.04 Å². The minimum atomic E-state index is -0.0205. The van der Waals surface area contributed by atoms with Crippen molar-refractivity contribution in [3.63, 3.8) is 0 Å². The smallest absolute Gasteiger partial charge is 0.0731 e. The molecular weight excluding hydrogens is 320 g/mol. The molecule has 0 fully saturated rings. The molecule has 0 bridgehead atoms. The van der Waals surface area contributed by atoms with Gasteiger partial charge in [0, 0.05) is 14.4 Å². The zero-order valence-corrected chi connectivity index (χ0v) is 12.4. The van der Waals surface area contributed by atoms with Gasteiger partial charge in [-0.25, -0.2) is 5.43 Å². The van der Waals surface area contributed by atoms with Crippen molar-refractivity contribution in [1.82, 2.24) is 5.43 Å². The van der Waals surface area contributed by atoms with Gasteiger partial charge < -0.3 is 0 Å². The Bertz CT molecular complexity index is 527. The van der Waals surface area contributed by atoms with Gasteiger partial charge in [-0.2, -0.15) is 0 Å². The van der Waals surface area contributed by atoms with Crippen LogP contribution in [0.25, 0.3) is 0 Å². The summed E-state index contributed by atoms with van der Waals surface area (Å²) < 4.78 is 0.957. The van der Waals surface area contributed by atoms with Gasteiger partial charge in [0.2, 0.25) is 0 Å². The fourth-order valence-electron chi connectivity index (χ4n) is 1.78. The lowest BCUT2D eigenvalue weighted by molar-refractivity contribution is 0.634. The maximum atomic E-state index is 5.94. The molecule has 90 valence electrons. The quantitative estimate of drug-likeness (QED) is 0.658. The zero-order chi connectivity index (χ0) is 12.4. The maximum absolute atomic E-state index is 5.94. The molecular formula is C12H12BrClN2S. The molecule has 1 atom stereocenters. The summed E-state index contributed by atoms with van der Waals surface area (Å²) in [4.78, 5) is 1.26. The van der Waals surface area contributed by atoms with Crippen LogP contribution in [0.4, 0.5) is 0 Å². The monoisotopic (exact) mass is 330 g/mol. The summed E-state index contributed by atoms with van der Waals surface area (Å²) >= 11 is 11.2. The van der Waals surface area contributed by atoms with Crippen molar-refractivity contribution in [2.24, 2.45) is 5.84 Å². The van der Waals surface area contributed by atoms with Crippen LogP contribution in [0.1, 0.15) is 22.0 Å². The molecule has 17 heavy (non-hydrogen) atoms. The van der Waals surface area contributed by atoms with Crippen LogP contribution in [0.5, 0.6) is 0 Å². The van der Waals surface area contributed by atoms with Crippen LogP contribution in [0.15, 0.2) is 34.1 Å². The second-order valence-corrected chi connectivity index (χ2v) is 6.11. The van der Waals surface area contributed by atoms with E-state index in [9.17, 15) is 0 Å². The van der Waals surface area contributed by atoms with Gasteiger partial charge in [-0.05, 0) is 41.6 Å². The number of hydrogen-bond acceptors (Lipinski definition) is 3. The van der Waals surface area contributed by atoms with Gasteiger partial charge in [0.25, 0.3) is 0 Å². The number of aryl methyl sites for hydroxylation is 1. The molecule has 1 aromatic heterocycles. The Balaban J connectivity index is 2.46. The third-order valence-corrected chi connectivity index (χ3v) is 4.43. The molecule has 0 saturated carbocycles. The highest BCUT2D eigenvalue weighted by atomic mass is 79.9. The Labute approximate surface area is 118 Å². The van der Waals surface area contributed by atoms with E-state index in [1.165, 1.54) is 10.4 Å². The SMILES string of the molecule is Cc1sccc1C(NN)c1ccc(Cl)cc1Br. The van der Waals surface area contributed by atoms with Crippen molar-refractivity contribution in [2.75, 3.05) is 0 Å². The minimum Gasteiger partial charge on any atom is -0.271 e. The van der Waals surface area contributed by atoms with Crippen molar-refractivity contribution in [1.29, 1.82) is 0 Å². The molecule has 5 heteroatoms. The van der Waals surface area contributed by atoms with Crippen molar-refractivity contribution < 1.29 is 0 Å². The fourth-order valence-corrected chi connectivity index (χ4v) is 3.43. The number of hydrazine groups is 1. The van der Waals surface area contributed by atoms with Gasteiger partial charge in [0.15, 0.2) is 0 Å². The van der Waals surface area contributed by atoms with Gasteiger partial charge in [-0.15, -0.1) is 11.3 Å². The third-order valence-electron chi connectivity index (χ3n) is 2.65. The standard InChI is InChI=1S/C12H12BrClN2S/c1-7-9(4-5-17-7)12(16-15)10-3-2-8(14)6-11(10)13/h2-6,12,16H,15H2,1H3. The topological polar surface area (TPSA) is 38.0 Å². The summed E-state index contributed by atoms with van der Waals surface area (Å²) in [5.74, 6) is 5.67. The van der Waals surface area contributed by atoms with E-state index in [0.717, 1.165) is 10.0 Å². The molecule has 0 radical (unpaired) electrons. The number of benzene rings is 1. The number of nitrogens with one attached hydrogen (secondary N) is 1. The lowest BCUT2D eigenvalue weighted by Crippen LogP contribution is -2.29. The lowest BCUT2D eigenvalue weighted by Gasteiger charge is -2.18. The Morgan fingerprint density at radius 2 is 2.12 bits per heavy atom. The van der Waals surface area contributed by atoms with Gasteiger partial charge in [-0.3, -0.25) is 5.84 Å².